The average molecular weight is 496 g/mol. The van der Waals surface area contributed by atoms with E-state index < -0.39 is 75.0 Å². The lowest BCUT2D eigenvalue weighted by Crippen LogP contribution is -2.53. The fourth-order valence-corrected chi connectivity index (χ4v) is 3.01. The second-order valence-electron chi connectivity index (χ2n) is 6.57. The molecule has 15 heteroatoms. The minimum Gasteiger partial charge on any atom is -0.478 e. The highest BCUT2D eigenvalue weighted by Gasteiger charge is 2.73. The minimum absolute atomic E-state index is 0.0143. The van der Waals surface area contributed by atoms with E-state index in [-0.39, 0.29) is 36.4 Å². The third kappa shape index (κ3) is 4.00. The van der Waals surface area contributed by atoms with Gasteiger partial charge in [0.15, 0.2) is 0 Å². The average Bonchev–Trinajstić information content (AvgIpc) is 2.76. The molecule has 0 fully saturated rings. The van der Waals surface area contributed by atoms with Crippen molar-refractivity contribution < 1.29 is 71.0 Å². The third-order valence-corrected chi connectivity index (χ3v) is 4.65. The molecule has 0 spiro atoms. The molecule has 0 amide bonds. The van der Waals surface area contributed by atoms with E-state index in [1.54, 1.807) is 0 Å². The summed E-state index contributed by atoms with van der Waals surface area (Å²) < 4.78 is 87.2. The van der Waals surface area contributed by atoms with Crippen LogP contribution >= 0.6 is 0 Å². The van der Waals surface area contributed by atoms with Crippen molar-refractivity contribution in [1.82, 2.24) is 0 Å². The van der Waals surface area contributed by atoms with Crippen molar-refractivity contribution in [1.29, 1.82) is 0 Å². The predicted octanol–water partition coefficient (Wildman–Crippen LogP) is 3.93. The number of aromatic carboxylic acids is 4. The molecule has 0 saturated carbocycles. The summed E-state index contributed by atoms with van der Waals surface area (Å²) in [5.74, 6) is -13.8. The highest BCUT2D eigenvalue weighted by molar-refractivity contribution is 6.02. The van der Waals surface area contributed by atoms with Crippen LogP contribution in [0.3, 0.4) is 0 Å². The zero-order valence-corrected chi connectivity index (χ0v) is 16.1. The van der Waals surface area contributed by atoms with Gasteiger partial charge in [-0.05, 0) is 28.8 Å². The quantitative estimate of drug-likeness (QED) is 0.378. The van der Waals surface area contributed by atoms with Gasteiger partial charge in [-0.15, -0.1) is 4.94 Å². The maximum Gasteiger partial charge on any atom is 0.429 e. The van der Waals surface area contributed by atoms with Crippen LogP contribution in [-0.2, 0) is 16.5 Å². The Balaban J connectivity index is 2.92. The number of carboxylic acid groups (broad SMARTS) is 4. The van der Waals surface area contributed by atoms with Gasteiger partial charge in [0.1, 0.15) is 0 Å². The summed E-state index contributed by atoms with van der Waals surface area (Å²) in [6, 6.07) is 0.146. The highest BCUT2D eigenvalue weighted by Crippen LogP contribution is 2.57. The van der Waals surface area contributed by atoms with Gasteiger partial charge >= 0.3 is 35.9 Å². The van der Waals surface area contributed by atoms with E-state index in [1.807, 2.05) is 0 Å². The number of carbonyl (C=O) groups is 4. The lowest BCUT2D eigenvalue weighted by atomic mass is 9.82. The molecule has 0 bridgehead atoms. The van der Waals surface area contributed by atoms with Gasteiger partial charge in [0.2, 0.25) is 0 Å². The summed E-state index contributed by atoms with van der Waals surface area (Å²) in [6.45, 7) is 0. The molecule has 0 aliphatic carbocycles. The SMILES string of the molecule is O=C(O)c1ccc(C(F)(F)C(F)(c2ccc(C(=O)O)c(C(=O)O)c2)C(F)(F)OF)cc1C(=O)O. The Hall–Kier alpha value is -4.14. The van der Waals surface area contributed by atoms with Crippen LogP contribution in [0.15, 0.2) is 36.4 Å². The summed E-state index contributed by atoms with van der Waals surface area (Å²) in [4.78, 5) is 46.8. The minimum atomic E-state index is -6.06. The van der Waals surface area contributed by atoms with Gasteiger partial charge in [-0.2, -0.15) is 17.6 Å². The topological polar surface area (TPSA) is 158 Å². The van der Waals surface area contributed by atoms with E-state index in [0.717, 1.165) is 0 Å². The predicted molar refractivity (Wildman–Crippen MR) is 94.5 cm³/mol. The van der Waals surface area contributed by atoms with E-state index in [9.17, 15) is 32.5 Å². The molecule has 0 radical (unpaired) electrons. The first-order valence-corrected chi connectivity index (χ1v) is 8.49. The van der Waals surface area contributed by atoms with E-state index >= 15 is 13.2 Å². The van der Waals surface area contributed by atoms with Crippen LogP contribution in [0.25, 0.3) is 0 Å². The van der Waals surface area contributed by atoms with E-state index in [4.69, 9.17) is 20.4 Å². The molecule has 182 valence electrons. The van der Waals surface area contributed by atoms with Crippen molar-refractivity contribution in [2.45, 2.75) is 17.7 Å². The van der Waals surface area contributed by atoms with Gasteiger partial charge in [0.25, 0.3) is 5.67 Å². The number of benzene rings is 2. The monoisotopic (exact) mass is 496 g/mol. The number of alkyl halides is 5. The van der Waals surface area contributed by atoms with Crippen LogP contribution in [-0.4, -0.2) is 50.4 Å². The van der Waals surface area contributed by atoms with Gasteiger partial charge in [-0.1, -0.05) is 12.1 Å². The van der Waals surface area contributed by atoms with Crippen molar-refractivity contribution in [2.75, 3.05) is 0 Å². The Morgan fingerprint density at radius 2 is 0.971 bits per heavy atom. The number of carboxylic acids is 4. The first kappa shape index (κ1) is 26.1. The van der Waals surface area contributed by atoms with Crippen LogP contribution < -0.4 is 0 Å². The molecule has 1 unspecified atom stereocenters. The number of rotatable bonds is 9. The molecule has 1 atom stereocenters. The van der Waals surface area contributed by atoms with Gasteiger partial charge in [0, 0.05) is 11.1 Å². The number of halogens is 6. The fourth-order valence-electron chi connectivity index (χ4n) is 3.01. The molecule has 34 heavy (non-hydrogen) atoms. The largest absolute Gasteiger partial charge is 0.478 e. The lowest BCUT2D eigenvalue weighted by molar-refractivity contribution is -0.433. The van der Waals surface area contributed by atoms with Crippen molar-refractivity contribution >= 4 is 23.9 Å². The zero-order chi connectivity index (χ0) is 26.2. The normalized spacial score (nSPS) is 13.7. The summed E-state index contributed by atoms with van der Waals surface area (Å²) in [6.07, 6.45) is -6.06. The smallest absolute Gasteiger partial charge is 0.429 e. The molecule has 2 aromatic carbocycles. The molecular weight excluding hydrogens is 486 g/mol. The standard InChI is InChI=1S/C19H10F6O9/c20-17(19(23,24)34-25,7-1-3-9(13(26)27)11(5-7)15(30)31)18(21,22)8-2-4-10(14(28)29)12(6-8)16(32)33/h1-6H,(H,26,27)(H,28,29)(H,30,31)(H,32,33). The summed E-state index contributed by atoms with van der Waals surface area (Å²) in [7, 11) is 0. The van der Waals surface area contributed by atoms with Crippen molar-refractivity contribution in [2.24, 2.45) is 0 Å². The van der Waals surface area contributed by atoms with Crippen LogP contribution in [0.4, 0.5) is 26.5 Å². The molecule has 9 nitrogen and oxygen atoms in total. The molecule has 4 N–H and O–H groups in total. The Morgan fingerprint density at radius 3 is 1.32 bits per heavy atom. The molecule has 2 rings (SSSR count). The fraction of sp³-hybridized carbons (Fsp3) is 0.158. The Labute approximate surface area is 183 Å². The zero-order valence-electron chi connectivity index (χ0n) is 16.1. The number of hydrogen-bond donors (Lipinski definition) is 4. The van der Waals surface area contributed by atoms with E-state index in [0.29, 0.717) is 0 Å². The van der Waals surface area contributed by atoms with Crippen molar-refractivity contribution in [3.63, 3.8) is 0 Å². The van der Waals surface area contributed by atoms with Crippen molar-refractivity contribution in [3.05, 3.63) is 69.8 Å². The summed E-state index contributed by atoms with van der Waals surface area (Å²) in [5, 5.41) is 36.0. The molecular formula is C19H10F6O9. The van der Waals surface area contributed by atoms with Gasteiger partial charge in [-0.25, -0.2) is 23.6 Å². The molecule has 0 heterocycles. The maximum atomic E-state index is 15.7. The van der Waals surface area contributed by atoms with E-state index in [1.165, 1.54) is 0 Å². The summed E-state index contributed by atoms with van der Waals surface area (Å²) >= 11 is 0. The molecule has 0 aromatic heterocycles. The van der Waals surface area contributed by atoms with Gasteiger partial charge < -0.3 is 20.4 Å². The van der Waals surface area contributed by atoms with Crippen LogP contribution in [0.1, 0.15) is 52.6 Å². The molecule has 0 saturated heterocycles. The Bertz CT molecular complexity index is 1200. The summed E-state index contributed by atoms with van der Waals surface area (Å²) in [5.41, 5.74) is -14.4. The van der Waals surface area contributed by atoms with Crippen LogP contribution in [0.5, 0.6) is 0 Å². The Morgan fingerprint density at radius 1 is 0.618 bits per heavy atom. The van der Waals surface area contributed by atoms with Gasteiger partial charge in [0.05, 0.1) is 22.3 Å². The molecule has 2 aromatic rings. The van der Waals surface area contributed by atoms with E-state index in [2.05, 4.69) is 4.94 Å². The maximum absolute atomic E-state index is 15.7. The second-order valence-corrected chi connectivity index (χ2v) is 6.57. The van der Waals surface area contributed by atoms with Crippen molar-refractivity contribution in [3.8, 4) is 0 Å². The second kappa shape index (κ2) is 8.66. The Kier molecular flexibility index (Phi) is 6.65. The first-order valence-electron chi connectivity index (χ1n) is 8.49. The first-order chi connectivity index (χ1) is 15.5. The lowest BCUT2D eigenvalue weighted by Gasteiger charge is -2.37. The van der Waals surface area contributed by atoms with Crippen LogP contribution in [0, 0.1) is 0 Å². The molecule has 0 aliphatic heterocycles. The van der Waals surface area contributed by atoms with Gasteiger partial charge in [-0.3, -0.25) is 0 Å². The molecule has 0 aliphatic rings. The van der Waals surface area contributed by atoms with Crippen LogP contribution in [0.2, 0.25) is 0 Å². The third-order valence-electron chi connectivity index (χ3n) is 4.65. The number of hydrogen-bond acceptors (Lipinski definition) is 5. The highest BCUT2D eigenvalue weighted by atomic mass is 19.4.